The van der Waals surface area contributed by atoms with E-state index in [9.17, 15) is 4.79 Å². The van der Waals surface area contributed by atoms with Gasteiger partial charge in [-0.3, -0.25) is 4.79 Å². The van der Waals surface area contributed by atoms with Crippen molar-refractivity contribution in [3.05, 3.63) is 0 Å². The van der Waals surface area contributed by atoms with E-state index in [-0.39, 0.29) is 5.92 Å². The number of likely N-dealkylation sites (tertiary alicyclic amines) is 2. The molecule has 1 spiro atoms. The van der Waals surface area contributed by atoms with Crippen LogP contribution in [0.2, 0.25) is 0 Å². The number of hydrogen-bond donors (Lipinski definition) is 0. The lowest BCUT2D eigenvalue weighted by molar-refractivity contribution is -0.136. The lowest BCUT2D eigenvalue weighted by Crippen LogP contribution is -2.45. The predicted molar refractivity (Wildman–Crippen MR) is 83.1 cm³/mol. The van der Waals surface area contributed by atoms with Crippen molar-refractivity contribution in [3.63, 3.8) is 0 Å². The van der Waals surface area contributed by atoms with E-state index in [1.807, 2.05) is 0 Å². The third-order valence-corrected chi connectivity index (χ3v) is 5.88. The van der Waals surface area contributed by atoms with Crippen molar-refractivity contribution in [2.75, 3.05) is 46.4 Å². The molecule has 2 saturated heterocycles. The highest BCUT2D eigenvalue weighted by atomic mass is 16.5. The predicted octanol–water partition coefficient (Wildman–Crippen LogP) is 2.14. The standard InChI is InChI=1S/C17H30N2O2/c1-21-12-11-18-9-4-5-15(13-18)16(20)19-10-8-17(14-19)6-2-3-7-17/h15H,2-14H2,1H3. The normalized spacial score (nSPS) is 29.4. The Labute approximate surface area is 128 Å². The number of methoxy groups -OCH3 is 1. The summed E-state index contributed by atoms with van der Waals surface area (Å²) in [6.07, 6.45) is 8.92. The molecule has 1 saturated carbocycles. The average molecular weight is 294 g/mol. The monoisotopic (exact) mass is 294 g/mol. The molecule has 3 fully saturated rings. The summed E-state index contributed by atoms with van der Waals surface area (Å²) in [6.45, 7) is 5.84. The van der Waals surface area contributed by atoms with Gasteiger partial charge in [-0.25, -0.2) is 0 Å². The quantitative estimate of drug-likeness (QED) is 0.796. The Kier molecular flexibility index (Phi) is 4.85. The van der Waals surface area contributed by atoms with Crippen LogP contribution in [0.4, 0.5) is 0 Å². The van der Waals surface area contributed by atoms with Crippen LogP contribution >= 0.6 is 0 Å². The number of piperidine rings is 1. The molecule has 1 unspecified atom stereocenters. The topological polar surface area (TPSA) is 32.8 Å². The molecule has 120 valence electrons. The van der Waals surface area contributed by atoms with Gasteiger partial charge in [0.25, 0.3) is 0 Å². The molecular weight excluding hydrogens is 264 g/mol. The van der Waals surface area contributed by atoms with E-state index < -0.39 is 0 Å². The molecule has 21 heavy (non-hydrogen) atoms. The Hall–Kier alpha value is -0.610. The van der Waals surface area contributed by atoms with Crippen LogP contribution in [0.5, 0.6) is 0 Å². The van der Waals surface area contributed by atoms with Gasteiger partial charge in [0.15, 0.2) is 0 Å². The van der Waals surface area contributed by atoms with Gasteiger partial charge in [0.05, 0.1) is 12.5 Å². The first-order valence-corrected chi connectivity index (χ1v) is 8.73. The second-order valence-corrected chi connectivity index (χ2v) is 7.35. The zero-order chi connectivity index (χ0) is 14.7. The summed E-state index contributed by atoms with van der Waals surface area (Å²) >= 11 is 0. The zero-order valence-electron chi connectivity index (χ0n) is 13.5. The van der Waals surface area contributed by atoms with Crippen molar-refractivity contribution in [1.82, 2.24) is 9.80 Å². The number of nitrogens with zero attached hydrogens (tertiary/aromatic N) is 2. The Morgan fingerprint density at radius 1 is 1.19 bits per heavy atom. The molecule has 0 aromatic heterocycles. The van der Waals surface area contributed by atoms with Crippen molar-refractivity contribution in [2.24, 2.45) is 11.3 Å². The van der Waals surface area contributed by atoms with Gasteiger partial charge in [-0.2, -0.15) is 0 Å². The van der Waals surface area contributed by atoms with Crippen LogP contribution in [0.1, 0.15) is 44.9 Å². The molecule has 4 nitrogen and oxygen atoms in total. The van der Waals surface area contributed by atoms with Gasteiger partial charge >= 0.3 is 0 Å². The fourth-order valence-electron chi connectivity index (χ4n) is 4.60. The number of carbonyl (C=O) groups excluding carboxylic acids is 1. The fourth-order valence-corrected chi connectivity index (χ4v) is 4.60. The molecule has 1 amide bonds. The molecule has 3 rings (SSSR count). The molecule has 2 aliphatic heterocycles. The van der Waals surface area contributed by atoms with E-state index >= 15 is 0 Å². The van der Waals surface area contributed by atoms with Crippen LogP contribution in [0.15, 0.2) is 0 Å². The maximum Gasteiger partial charge on any atom is 0.226 e. The highest BCUT2D eigenvalue weighted by Gasteiger charge is 2.43. The maximum absolute atomic E-state index is 12.8. The Morgan fingerprint density at radius 3 is 2.76 bits per heavy atom. The van der Waals surface area contributed by atoms with Gasteiger partial charge in [-0.15, -0.1) is 0 Å². The number of hydrogen-bond acceptors (Lipinski definition) is 3. The second kappa shape index (κ2) is 6.66. The smallest absolute Gasteiger partial charge is 0.226 e. The molecule has 4 heteroatoms. The summed E-state index contributed by atoms with van der Waals surface area (Å²) in [5.41, 5.74) is 0.500. The minimum atomic E-state index is 0.229. The van der Waals surface area contributed by atoms with Crippen LogP contribution in [0.3, 0.4) is 0 Å². The number of amides is 1. The van der Waals surface area contributed by atoms with Gasteiger partial charge in [0.2, 0.25) is 5.91 Å². The summed E-state index contributed by atoms with van der Waals surface area (Å²) in [4.78, 5) is 17.4. The van der Waals surface area contributed by atoms with Gasteiger partial charge in [-0.05, 0) is 44.1 Å². The van der Waals surface area contributed by atoms with Crippen LogP contribution in [-0.2, 0) is 9.53 Å². The second-order valence-electron chi connectivity index (χ2n) is 7.35. The van der Waals surface area contributed by atoms with Crippen molar-refractivity contribution >= 4 is 5.91 Å². The van der Waals surface area contributed by atoms with Crippen LogP contribution in [0.25, 0.3) is 0 Å². The molecular formula is C17H30N2O2. The van der Waals surface area contributed by atoms with Crippen molar-refractivity contribution in [2.45, 2.75) is 44.9 Å². The summed E-state index contributed by atoms with van der Waals surface area (Å²) in [5, 5.41) is 0. The van der Waals surface area contributed by atoms with Gasteiger partial charge in [0.1, 0.15) is 0 Å². The van der Waals surface area contributed by atoms with E-state index in [2.05, 4.69) is 9.80 Å². The van der Waals surface area contributed by atoms with Crippen molar-refractivity contribution in [1.29, 1.82) is 0 Å². The third-order valence-electron chi connectivity index (χ3n) is 5.88. The van der Waals surface area contributed by atoms with Crippen LogP contribution in [0, 0.1) is 11.3 Å². The maximum atomic E-state index is 12.8. The fraction of sp³-hybridized carbons (Fsp3) is 0.941. The van der Waals surface area contributed by atoms with E-state index in [1.165, 1.54) is 32.1 Å². The molecule has 1 aliphatic carbocycles. The SMILES string of the molecule is COCCN1CCCC(C(=O)N2CCC3(CCCC3)C2)C1. The van der Waals surface area contributed by atoms with E-state index in [0.717, 1.165) is 52.2 Å². The summed E-state index contributed by atoms with van der Waals surface area (Å²) in [6, 6.07) is 0. The number of carbonyl (C=O) groups is 1. The van der Waals surface area contributed by atoms with Crippen LogP contribution in [-0.4, -0.2) is 62.1 Å². The minimum absolute atomic E-state index is 0.229. The summed E-state index contributed by atoms with van der Waals surface area (Å²) < 4.78 is 5.17. The average Bonchev–Trinajstić information content (AvgIpc) is 3.15. The van der Waals surface area contributed by atoms with Crippen molar-refractivity contribution in [3.8, 4) is 0 Å². The van der Waals surface area contributed by atoms with E-state index in [0.29, 0.717) is 11.3 Å². The molecule has 0 aromatic carbocycles. The third kappa shape index (κ3) is 3.42. The van der Waals surface area contributed by atoms with Gasteiger partial charge in [0, 0.05) is 33.3 Å². The number of ether oxygens (including phenoxy) is 1. The molecule has 0 bridgehead atoms. The molecule has 1 atom stereocenters. The summed E-state index contributed by atoms with van der Waals surface area (Å²) in [7, 11) is 1.75. The molecule has 3 aliphatic rings. The lowest BCUT2D eigenvalue weighted by Gasteiger charge is -2.34. The molecule has 2 heterocycles. The highest BCUT2D eigenvalue weighted by molar-refractivity contribution is 5.79. The largest absolute Gasteiger partial charge is 0.383 e. The number of rotatable bonds is 4. The van der Waals surface area contributed by atoms with Crippen molar-refractivity contribution < 1.29 is 9.53 Å². The first-order chi connectivity index (χ1) is 10.2. The highest BCUT2D eigenvalue weighted by Crippen LogP contribution is 2.45. The van der Waals surface area contributed by atoms with Gasteiger partial charge < -0.3 is 14.5 Å². The first kappa shape index (κ1) is 15.3. The van der Waals surface area contributed by atoms with Crippen LogP contribution < -0.4 is 0 Å². The Bertz CT molecular complexity index is 366. The lowest BCUT2D eigenvalue weighted by atomic mass is 9.85. The summed E-state index contributed by atoms with van der Waals surface area (Å²) in [5.74, 6) is 0.660. The van der Waals surface area contributed by atoms with E-state index in [4.69, 9.17) is 4.74 Å². The Morgan fingerprint density at radius 2 is 2.00 bits per heavy atom. The zero-order valence-corrected chi connectivity index (χ0v) is 13.5. The van der Waals surface area contributed by atoms with Gasteiger partial charge in [-0.1, -0.05) is 12.8 Å². The molecule has 0 N–H and O–H groups in total. The Balaban J connectivity index is 1.53. The molecule has 0 radical (unpaired) electrons. The minimum Gasteiger partial charge on any atom is -0.383 e. The first-order valence-electron chi connectivity index (χ1n) is 8.73. The molecule has 0 aromatic rings. The van der Waals surface area contributed by atoms with E-state index in [1.54, 1.807) is 7.11 Å².